The molecule has 10 heteroatoms. The Hall–Kier alpha value is -1.97. The zero-order valence-corrected chi connectivity index (χ0v) is 18.2. The van der Waals surface area contributed by atoms with Crippen molar-refractivity contribution in [3.63, 3.8) is 0 Å². The Morgan fingerprint density at radius 2 is 1.77 bits per heavy atom. The molecule has 0 spiro atoms. The van der Waals surface area contributed by atoms with E-state index in [9.17, 15) is 27.5 Å². The maximum atomic E-state index is 14.6. The third-order valence-electron chi connectivity index (χ3n) is 5.08. The van der Waals surface area contributed by atoms with Gasteiger partial charge in [-0.25, -0.2) is 4.39 Å². The van der Waals surface area contributed by atoms with Gasteiger partial charge in [-0.05, 0) is 42.3 Å². The van der Waals surface area contributed by atoms with Crippen molar-refractivity contribution < 1.29 is 27.5 Å². The van der Waals surface area contributed by atoms with Crippen LogP contribution in [0.5, 0.6) is 0 Å². The van der Waals surface area contributed by atoms with Crippen LogP contribution in [0.2, 0.25) is 5.02 Å². The van der Waals surface area contributed by atoms with E-state index in [0.29, 0.717) is 59.0 Å². The van der Waals surface area contributed by atoms with Gasteiger partial charge in [0.05, 0.1) is 11.4 Å². The Kier molecular flexibility index (Phi) is 7.39. The van der Waals surface area contributed by atoms with Gasteiger partial charge in [-0.3, -0.25) is 9.69 Å². The fourth-order valence-electron chi connectivity index (χ4n) is 3.58. The number of hydrogen-bond acceptors (Lipinski definition) is 4. The molecule has 2 aromatic rings. The zero-order valence-electron chi connectivity index (χ0n) is 16.6. The van der Waals surface area contributed by atoms with E-state index < -0.39 is 29.8 Å². The minimum atomic E-state index is -4.31. The lowest BCUT2D eigenvalue weighted by Crippen LogP contribution is -2.49. The van der Waals surface area contributed by atoms with Crippen molar-refractivity contribution >= 4 is 35.0 Å². The smallest absolute Gasteiger partial charge is 0.398 e. The fourth-order valence-corrected chi connectivity index (χ4v) is 4.50. The topological polar surface area (TPSA) is 43.8 Å². The molecule has 0 amide bonds. The van der Waals surface area contributed by atoms with Crippen molar-refractivity contribution in [2.75, 3.05) is 36.8 Å². The molecule has 31 heavy (non-hydrogen) atoms. The summed E-state index contributed by atoms with van der Waals surface area (Å²) in [5.41, 5.74) is 1.27. The lowest BCUT2D eigenvalue weighted by Gasteiger charge is -2.39. The normalized spacial score (nSPS) is 16.4. The van der Waals surface area contributed by atoms with Gasteiger partial charge in [0.15, 0.2) is 0 Å². The number of alkyl halides is 3. The highest BCUT2D eigenvalue weighted by atomic mass is 35.5. The van der Waals surface area contributed by atoms with Crippen molar-refractivity contribution in [2.24, 2.45) is 0 Å². The van der Waals surface area contributed by atoms with Crippen molar-refractivity contribution in [3.05, 3.63) is 58.4 Å². The van der Waals surface area contributed by atoms with E-state index in [1.54, 1.807) is 41.0 Å². The Morgan fingerprint density at radius 3 is 2.32 bits per heavy atom. The van der Waals surface area contributed by atoms with Gasteiger partial charge < -0.3 is 10.0 Å². The summed E-state index contributed by atoms with van der Waals surface area (Å²) in [6.45, 7) is 2.99. The van der Waals surface area contributed by atoms with Crippen LogP contribution in [0.4, 0.5) is 23.2 Å². The quantitative estimate of drug-likeness (QED) is 0.447. The molecule has 0 aromatic heterocycles. The summed E-state index contributed by atoms with van der Waals surface area (Å²) in [6.07, 6.45) is -4.31. The Labute approximate surface area is 186 Å². The van der Waals surface area contributed by atoms with Gasteiger partial charge in [0.2, 0.25) is 0 Å². The third kappa shape index (κ3) is 6.05. The van der Waals surface area contributed by atoms with Crippen molar-refractivity contribution in [3.8, 4) is 0 Å². The number of piperazine rings is 1. The molecule has 1 fully saturated rings. The van der Waals surface area contributed by atoms with Gasteiger partial charge in [-0.15, -0.1) is 11.8 Å². The Morgan fingerprint density at radius 1 is 1.16 bits per heavy atom. The number of aliphatic carboxylic acids is 1. The van der Waals surface area contributed by atoms with E-state index in [4.69, 9.17) is 11.6 Å². The van der Waals surface area contributed by atoms with Crippen molar-refractivity contribution in [1.82, 2.24) is 4.90 Å². The van der Waals surface area contributed by atoms with E-state index in [1.165, 1.54) is 12.1 Å². The molecule has 0 aliphatic carbocycles. The third-order valence-corrected chi connectivity index (χ3v) is 6.55. The molecule has 4 nitrogen and oxygen atoms in total. The Bertz CT molecular complexity index is 932. The van der Waals surface area contributed by atoms with E-state index in [-0.39, 0.29) is 5.69 Å². The molecule has 3 rings (SSSR count). The van der Waals surface area contributed by atoms with E-state index in [0.717, 1.165) is 0 Å². The lowest BCUT2D eigenvalue weighted by atomic mass is 10.0. The van der Waals surface area contributed by atoms with Crippen LogP contribution >= 0.6 is 23.4 Å². The first-order chi connectivity index (χ1) is 14.5. The molecule has 1 aliphatic heterocycles. The zero-order chi connectivity index (χ0) is 22.8. The highest BCUT2D eigenvalue weighted by Crippen LogP contribution is 2.34. The molecule has 1 heterocycles. The average molecular weight is 477 g/mol. The highest BCUT2D eigenvalue weighted by molar-refractivity contribution is 7.99. The number of carboxylic acid groups (broad SMARTS) is 1. The minimum absolute atomic E-state index is 0.230. The number of carboxylic acids is 1. The maximum Gasteiger partial charge on any atom is 0.398 e. The van der Waals surface area contributed by atoms with Gasteiger partial charge in [0, 0.05) is 36.1 Å². The standard InChI is InChI=1S/C21H21ClF4N2O2S/c1-13-10-16(23)17(11-18(13)31-12-21(24,25)26)27-6-8-28(9-7-27)19(20(29)30)14-2-4-15(22)5-3-14/h2-5,10-11,19H,6-9,12H2,1H3,(H,29,30). The van der Waals surface area contributed by atoms with Crippen LogP contribution in [0.3, 0.4) is 0 Å². The molecule has 2 aromatic carbocycles. The molecule has 0 radical (unpaired) electrons. The molecular formula is C21H21ClF4N2O2S. The summed E-state index contributed by atoms with van der Waals surface area (Å²) in [6, 6.07) is 8.42. The highest BCUT2D eigenvalue weighted by Gasteiger charge is 2.32. The molecule has 1 saturated heterocycles. The predicted molar refractivity (Wildman–Crippen MR) is 114 cm³/mol. The molecule has 1 aliphatic rings. The van der Waals surface area contributed by atoms with Crippen molar-refractivity contribution in [1.29, 1.82) is 0 Å². The number of nitrogens with zero attached hydrogens (tertiary/aromatic N) is 2. The number of thioether (sulfide) groups is 1. The maximum absolute atomic E-state index is 14.6. The molecule has 168 valence electrons. The molecular weight excluding hydrogens is 456 g/mol. The summed E-state index contributed by atoms with van der Waals surface area (Å²) < 4.78 is 52.3. The number of rotatable bonds is 6. The number of halogens is 5. The largest absolute Gasteiger partial charge is 0.480 e. The van der Waals surface area contributed by atoms with Crippen LogP contribution in [-0.2, 0) is 4.79 Å². The monoisotopic (exact) mass is 476 g/mol. The number of carbonyl (C=O) groups is 1. The first-order valence-corrected chi connectivity index (χ1v) is 10.9. The number of anilines is 1. The van der Waals surface area contributed by atoms with Gasteiger partial charge in [0.25, 0.3) is 0 Å². The predicted octanol–water partition coefficient (Wildman–Crippen LogP) is 5.39. The van der Waals surface area contributed by atoms with Gasteiger partial charge in [-0.1, -0.05) is 23.7 Å². The number of hydrogen-bond donors (Lipinski definition) is 1. The van der Waals surface area contributed by atoms with E-state index in [1.807, 2.05) is 0 Å². The average Bonchev–Trinajstić information content (AvgIpc) is 2.69. The second kappa shape index (κ2) is 9.67. The minimum Gasteiger partial charge on any atom is -0.480 e. The fraction of sp³-hybridized carbons (Fsp3) is 0.381. The Balaban J connectivity index is 1.73. The van der Waals surface area contributed by atoms with Crippen LogP contribution < -0.4 is 4.90 Å². The van der Waals surface area contributed by atoms with Crippen LogP contribution in [-0.4, -0.2) is 54.1 Å². The first kappa shape index (κ1) is 23.7. The van der Waals surface area contributed by atoms with Gasteiger partial charge in [0.1, 0.15) is 11.9 Å². The molecule has 0 saturated carbocycles. The number of benzene rings is 2. The van der Waals surface area contributed by atoms with Crippen LogP contribution in [0.25, 0.3) is 0 Å². The summed E-state index contributed by atoms with van der Waals surface area (Å²) in [5.74, 6) is -2.55. The summed E-state index contributed by atoms with van der Waals surface area (Å²) in [5, 5.41) is 10.2. The van der Waals surface area contributed by atoms with E-state index >= 15 is 0 Å². The summed E-state index contributed by atoms with van der Waals surface area (Å²) in [7, 11) is 0. The van der Waals surface area contributed by atoms with Crippen LogP contribution in [0, 0.1) is 12.7 Å². The SMILES string of the molecule is Cc1cc(F)c(N2CCN(C(C(=O)O)c3ccc(Cl)cc3)CC2)cc1SCC(F)(F)F. The first-order valence-electron chi connectivity index (χ1n) is 9.52. The molecule has 1 N–H and O–H groups in total. The number of aryl methyl sites for hydroxylation is 1. The molecule has 1 atom stereocenters. The van der Waals surface area contributed by atoms with Crippen LogP contribution in [0.15, 0.2) is 41.3 Å². The van der Waals surface area contributed by atoms with Gasteiger partial charge >= 0.3 is 12.1 Å². The summed E-state index contributed by atoms with van der Waals surface area (Å²) in [4.78, 5) is 15.8. The second-order valence-electron chi connectivity index (χ2n) is 7.29. The second-order valence-corrected chi connectivity index (χ2v) is 8.74. The molecule has 0 bridgehead atoms. The van der Waals surface area contributed by atoms with Gasteiger partial charge in [-0.2, -0.15) is 13.2 Å². The molecule has 1 unspecified atom stereocenters. The van der Waals surface area contributed by atoms with Crippen molar-refractivity contribution in [2.45, 2.75) is 24.0 Å². The van der Waals surface area contributed by atoms with E-state index in [2.05, 4.69) is 0 Å². The summed E-state index contributed by atoms with van der Waals surface area (Å²) >= 11 is 6.52. The lowest BCUT2D eigenvalue weighted by molar-refractivity contribution is -0.143. The van der Waals surface area contributed by atoms with Crippen LogP contribution in [0.1, 0.15) is 17.2 Å².